The second-order valence-electron chi connectivity index (χ2n) is 8.10. The Morgan fingerprint density at radius 3 is 2.23 bits per heavy atom. The molecule has 1 aromatic carbocycles. The molecule has 1 amide bonds. The number of hydrogen-bond acceptors (Lipinski definition) is 6. The quantitative estimate of drug-likeness (QED) is 0.682. The van der Waals surface area contributed by atoms with Gasteiger partial charge in [-0.05, 0) is 29.8 Å². The van der Waals surface area contributed by atoms with Gasteiger partial charge in [0.05, 0.1) is 18.7 Å². The molecule has 4 rings (SSSR count). The van der Waals surface area contributed by atoms with E-state index in [0.29, 0.717) is 11.6 Å². The third-order valence-electron chi connectivity index (χ3n) is 6.06. The monoisotopic (exact) mass is 443 g/mol. The average Bonchev–Trinajstić information content (AvgIpc) is 2.81. The highest BCUT2D eigenvalue weighted by Crippen LogP contribution is 2.17. The van der Waals surface area contributed by atoms with Crippen LogP contribution in [0.25, 0.3) is 0 Å². The van der Waals surface area contributed by atoms with Crippen LogP contribution in [0.1, 0.15) is 5.56 Å². The molecule has 7 nitrogen and oxygen atoms in total. The van der Waals surface area contributed by atoms with Crippen LogP contribution in [0, 0.1) is 0 Å². The summed E-state index contributed by atoms with van der Waals surface area (Å²) in [7, 11) is 1.68. The Balaban J connectivity index is 1.18. The average molecular weight is 444 g/mol. The number of ether oxygens (including phenoxy) is 1. The van der Waals surface area contributed by atoms with Gasteiger partial charge in [-0.3, -0.25) is 14.6 Å². The molecule has 2 aliphatic rings. The molecule has 31 heavy (non-hydrogen) atoms. The highest BCUT2D eigenvalue weighted by atomic mass is 35.5. The molecule has 8 heteroatoms. The summed E-state index contributed by atoms with van der Waals surface area (Å²) in [5.41, 5.74) is 1.27. The van der Waals surface area contributed by atoms with Crippen molar-refractivity contribution in [3.05, 3.63) is 53.2 Å². The molecular weight excluding hydrogens is 414 g/mol. The molecule has 2 saturated heterocycles. The number of amides is 1. The molecule has 2 aliphatic heterocycles. The van der Waals surface area contributed by atoms with E-state index in [-0.39, 0.29) is 5.91 Å². The molecule has 2 fully saturated rings. The Morgan fingerprint density at radius 2 is 1.61 bits per heavy atom. The number of nitrogens with zero attached hydrogens (tertiary/aromatic N) is 5. The number of hydrogen-bond donors (Lipinski definition) is 0. The van der Waals surface area contributed by atoms with Crippen molar-refractivity contribution in [2.24, 2.45) is 0 Å². The molecular formula is C23H30ClN5O2. The molecule has 0 bridgehead atoms. The van der Waals surface area contributed by atoms with Gasteiger partial charge in [0.2, 0.25) is 5.91 Å². The lowest BCUT2D eigenvalue weighted by Crippen LogP contribution is -2.53. The van der Waals surface area contributed by atoms with Crippen LogP contribution in [-0.2, 0) is 11.3 Å². The fourth-order valence-electron chi connectivity index (χ4n) is 4.13. The zero-order valence-corrected chi connectivity index (χ0v) is 18.8. The number of methoxy groups -OCH3 is 1. The van der Waals surface area contributed by atoms with Gasteiger partial charge in [0.25, 0.3) is 0 Å². The highest BCUT2D eigenvalue weighted by Gasteiger charge is 2.25. The first-order valence-electron chi connectivity index (χ1n) is 10.8. The Bertz CT molecular complexity index is 845. The van der Waals surface area contributed by atoms with Gasteiger partial charge in [-0.15, -0.1) is 0 Å². The van der Waals surface area contributed by atoms with Crippen LogP contribution in [0.15, 0.2) is 42.6 Å². The summed E-state index contributed by atoms with van der Waals surface area (Å²) in [4.78, 5) is 26.1. The lowest BCUT2D eigenvalue weighted by atomic mass is 10.2. The number of pyridine rings is 1. The van der Waals surface area contributed by atoms with Gasteiger partial charge >= 0.3 is 0 Å². The Labute approximate surface area is 189 Å². The fourth-order valence-corrected chi connectivity index (χ4v) is 4.24. The highest BCUT2D eigenvalue weighted by molar-refractivity contribution is 6.30. The number of rotatable bonds is 6. The van der Waals surface area contributed by atoms with Crippen LogP contribution in [-0.4, -0.2) is 91.6 Å². The van der Waals surface area contributed by atoms with E-state index in [4.69, 9.17) is 16.3 Å². The number of halogens is 1. The molecule has 166 valence electrons. The van der Waals surface area contributed by atoms with Gasteiger partial charge in [0, 0.05) is 65.1 Å². The fraction of sp³-hybridized carbons (Fsp3) is 0.478. The number of benzene rings is 1. The molecule has 0 unspecified atom stereocenters. The number of aromatic nitrogens is 1. The minimum atomic E-state index is 0.238. The Kier molecular flexibility index (Phi) is 7.27. The van der Waals surface area contributed by atoms with Gasteiger partial charge in [-0.25, -0.2) is 4.98 Å². The predicted octanol–water partition coefficient (Wildman–Crippen LogP) is 2.21. The van der Waals surface area contributed by atoms with Crippen molar-refractivity contribution in [2.45, 2.75) is 6.54 Å². The van der Waals surface area contributed by atoms with Gasteiger partial charge < -0.3 is 14.5 Å². The minimum Gasteiger partial charge on any atom is -0.497 e. The maximum atomic E-state index is 12.8. The summed E-state index contributed by atoms with van der Waals surface area (Å²) in [5, 5.41) is 0.650. The SMILES string of the molecule is COc1ccc(CN2CCN(C(=O)CN3CCN(c4ccc(Cl)cn4)CC3)CC2)cc1. The largest absolute Gasteiger partial charge is 0.497 e. The van der Waals surface area contributed by atoms with Gasteiger partial charge in [-0.1, -0.05) is 23.7 Å². The lowest BCUT2D eigenvalue weighted by Gasteiger charge is -2.38. The van der Waals surface area contributed by atoms with E-state index in [2.05, 4.69) is 31.8 Å². The van der Waals surface area contributed by atoms with E-state index in [0.717, 1.165) is 70.5 Å². The van der Waals surface area contributed by atoms with E-state index in [1.165, 1.54) is 5.56 Å². The van der Waals surface area contributed by atoms with Crippen molar-refractivity contribution in [1.29, 1.82) is 0 Å². The summed E-state index contributed by atoms with van der Waals surface area (Å²) in [6.45, 7) is 8.30. The first-order chi connectivity index (χ1) is 15.1. The number of anilines is 1. The maximum Gasteiger partial charge on any atom is 0.236 e. The second kappa shape index (κ2) is 10.3. The van der Waals surface area contributed by atoms with Crippen molar-refractivity contribution < 1.29 is 9.53 Å². The summed E-state index contributed by atoms with van der Waals surface area (Å²) in [6.07, 6.45) is 1.68. The molecule has 0 atom stereocenters. The molecule has 3 heterocycles. The summed E-state index contributed by atoms with van der Waals surface area (Å²) < 4.78 is 5.22. The van der Waals surface area contributed by atoms with Crippen LogP contribution in [0.2, 0.25) is 5.02 Å². The first kappa shape index (κ1) is 21.9. The third-order valence-corrected chi connectivity index (χ3v) is 6.28. The van der Waals surface area contributed by atoms with Crippen molar-refractivity contribution in [3.63, 3.8) is 0 Å². The van der Waals surface area contributed by atoms with Crippen molar-refractivity contribution >= 4 is 23.3 Å². The molecule has 2 aromatic rings. The topological polar surface area (TPSA) is 52.2 Å². The molecule has 0 radical (unpaired) electrons. The van der Waals surface area contributed by atoms with Crippen molar-refractivity contribution in [1.82, 2.24) is 19.7 Å². The molecule has 1 aromatic heterocycles. The molecule has 0 spiro atoms. The Morgan fingerprint density at radius 1 is 0.935 bits per heavy atom. The Hall–Kier alpha value is -2.35. The zero-order chi connectivity index (χ0) is 21.6. The van der Waals surface area contributed by atoms with Gasteiger partial charge in [-0.2, -0.15) is 0 Å². The number of piperazine rings is 2. The van der Waals surface area contributed by atoms with E-state index in [1.54, 1.807) is 13.3 Å². The lowest BCUT2D eigenvalue weighted by molar-refractivity contribution is -0.134. The number of carbonyl (C=O) groups excluding carboxylic acids is 1. The summed E-state index contributed by atoms with van der Waals surface area (Å²) in [5.74, 6) is 2.06. The van der Waals surface area contributed by atoms with E-state index >= 15 is 0 Å². The standard InChI is InChI=1S/C23H30ClN5O2/c1-31-21-5-2-19(3-6-21)17-26-10-14-29(15-11-26)23(30)18-27-8-12-28(13-9-27)22-7-4-20(24)16-25-22/h2-7,16H,8-15,17-18H2,1H3. The summed E-state index contributed by atoms with van der Waals surface area (Å²) >= 11 is 5.93. The predicted molar refractivity (Wildman–Crippen MR) is 123 cm³/mol. The second-order valence-corrected chi connectivity index (χ2v) is 8.54. The summed E-state index contributed by atoms with van der Waals surface area (Å²) in [6, 6.07) is 12.0. The number of carbonyl (C=O) groups is 1. The smallest absolute Gasteiger partial charge is 0.236 e. The molecule has 0 saturated carbocycles. The zero-order valence-electron chi connectivity index (χ0n) is 18.0. The van der Waals surface area contributed by atoms with Crippen LogP contribution in [0.3, 0.4) is 0 Å². The van der Waals surface area contributed by atoms with Crippen LogP contribution < -0.4 is 9.64 Å². The van der Waals surface area contributed by atoms with Gasteiger partial charge in [0.15, 0.2) is 0 Å². The third kappa shape index (κ3) is 5.87. The van der Waals surface area contributed by atoms with E-state index in [9.17, 15) is 4.79 Å². The van der Waals surface area contributed by atoms with E-state index < -0.39 is 0 Å². The van der Waals surface area contributed by atoms with Crippen LogP contribution in [0.4, 0.5) is 5.82 Å². The molecule has 0 aliphatic carbocycles. The van der Waals surface area contributed by atoms with Crippen LogP contribution >= 0.6 is 11.6 Å². The van der Waals surface area contributed by atoms with Crippen LogP contribution in [0.5, 0.6) is 5.75 Å². The first-order valence-corrected chi connectivity index (χ1v) is 11.2. The normalized spacial score (nSPS) is 18.3. The molecule has 0 N–H and O–H groups in total. The van der Waals surface area contributed by atoms with Crippen molar-refractivity contribution in [2.75, 3.05) is 70.9 Å². The van der Waals surface area contributed by atoms with E-state index in [1.807, 2.05) is 29.2 Å². The van der Waals surface area contributed by atoms with Crippen molar-refractivity contribution in [3.8, 4) is 5.75 Å². The van der Waals surface area contributed by atoms with Gasteiger partial charge in [0.1, 0.15) is 11.6 Å². The minimum absolute atomic E-state index is 0.238. The maximum absolute atomic E-state index is 12.8.